The fourth-order valence-corrected chi connectivity index (χ4v) is 2.41. The van der Waals surface area contributed by atoms with Crippen LogP contribution < -0.4 is 11.1 Å². The first-order valence-corrected chi connectivity index (χ1v) is 7.55. The summed E-state index contributed by atoms with van der Waals surface area (Å²) in [6, 6.07) is 4.41. The van der Waals surface area contributed by atoms with Gasteiger partial charge in [-0.1, -0.05) is 17.7 Å². The lowest BCUT2D eigenvalue weighted by molar-refractivity contribution is -0.138. The van der Waals surface area contributed by atoms with E-state index in [4.69, 9.17) is 22.4 Å². The molecule has 0 fully saturated rings. The molecule has 5 nitrogen and oxygen atoms in total. The molecule has 0 saturated carbocycles. The lowest BCUT2D eigenvalue weighted by Crippen LogP contribution is -2.30. The zero-order valence-electron chi connectivity index (χ0n) is 11.1. The van der Waals surface area contributed by atoms with E-state index >= 15 is 0 Å². The number of benzene rings is 1. The van der Waals surface area contributed by atoms with E-state index in [-0.39, 0.29) is 11.7 Å². The summed E-state index contributed by atoms with van der Waals surface area (Å²) in [5, 5.41) is 11.9. The van der Waals surface area contributed by atoms with Crippen molar-refractivity contribution < 1.29 is 14.7 Å². The number of amides is 1. The molecule has 0 radical (unpaired) electrons. The van der Waals surface area contributed by atoms with Crippen molar-refractivity contribution in [3.63, 3.8) is 0 Å². The Morgan fingerprint density at radius 2 is 2.20 bits per heavy atom. The highest BCUT2D eigenvalue weighted by molar-refractivity contribution is 7.99. The maximum atomic E-state index is 11.7. The van der Waals surface area contributed by atoms with Gasteiger partial charge in [-0.2, -0.15) is 11.8 Å². The van der Waals surface area contributed by atoms with E-state index in [0.29, 0.717) is 22.9 Å². The molecule has 0 bridgehead atoms. The van der Waals surface area contributed by atoms with Gasteiger partial charge in [-0.25, -0.2) is 0 Å². The van der Waals surface area contributed by atoms with Gasteiger partial charge in [0.2, 0.25) is 5.91 Å². The van der Waals surface area contributed by atoms with E-state index in [0.717, 1.165) is 5.56 Å². The standard InChI is InChI=1S/C13H17ClN2O3S/c1-8-2-3-9(14)6-11(8)16-12(17)7-20-5-4-10(15)13(18)19/h2-3,6,10H,4-5,7,15H2,1H3,(H,16,17)(H,18,19). The van der Waals surface area contributed by atoms with Gasteiger partial charge in [-0.05, 0) is 36.8 Å². The molecule has 1 rings (SSSR count). The second kappa shape index (κ2) is 8.14. The Balaban J connectivity index is 2.34. The van der Waals surface area contributed by atoms with E-state index in [2.05, 4.69) is 5.32 Å². The number of carbonyl (C=O) groups excluding carboxylic acids is 1. The summed E-state index contributed by atoms with van der Waals surface area (Å²) in [6.45, 7) is 1.88. The number of aryl methyl sites for hydroxylation is 1. The number of thioether (sulfide) groups is 1. The number of carboxylic acids is 1. The fraction of sp³-hybridized carbons (Fsp3) is 0.385. The molecular formula is C13H17ClN2O3S. The molecule has 0 aliphatic carbocycles. The third kappa shape index (κ3) is 5.81. The van der Waals surface area contributed by atoms with E-state index in [1.165, 1.54) is 11.8 Å². The number of halogens is 1. The highest BCUT2D eigenvalue weighted by Gasteiger charge is 2.11. The van der Waals surface area contributed by atoms with Gasteiger partial charge in [0, 0.05) is 10.7 Å². The summed E-state index contributed by atoms with van der Waals surface area (Å²) in [5.41, 5.74) is 6.98. The number of hydrogen-bond acceptors (Lipinski definition) is 4. The molecule has 110 valence electrons. The number of carboxylic acid groups (broad SMARTS) is 1. The topological polar surface area (TPSA) is 92.4 Å². The second-order valence-electron chi connectivity index (χ2n) is 4.29. The zero-order valence-corrected chi connectivity index (χ0v) is 12.6. The van der Waals surface area contributed by atoms with Crippen LogP contribution in [-0.4, -0.2) is 34.5 Å². The van der Waals surface area contributed by atoms with Gasteiger partial charge in [0.15, 0.2) is 0 Å². The van der Waals surface area contributed by atoms with Crippen molar-refractivity contribution in [2.24, 2.45) is 5.73 Å². The minimum atomic E-state index is -1.02. The molecule has 0 aliphatic heterocycles. The number of rotatable bonds is 7. The van der Waals surface area contributed by atoms with Crippen molar-refractivity contribution in [1.82, 2.24) is 0 Å². The number of hydrogen-bond donors (Lipinski definition) is 3. The predicted molar refractivity (Wildman–Crippen MR) is 82.4 cm³/mol. The normalized spacial score (nSPS) is 11.9. The molecule has 0 spiro atoms. The Hall–Kier alpha value is -1.24. The maximum Gasteiger partial charge on any atom is 0.320 e. The first-order chi connectivity index (χ1) is 9.40. The summed E-state index contributed by atoms with van der Waals surface area (Å²) in [7, 11) is 0. The summed E-state index contributed by atoms with van der Waals surface area (Å²) < 4.78 is 0. The van der Waals surface area contributed by atoms with Crippen LogP contribution in [0.1, 0.15) is 12.0 Å². The molecule has 0 aliphatic rings. The minimum absolute atomic E-state index is 0.149. The minimum Gasteiger partial charge on any atom is -0.480 e. The lowest BCUT2D eigenvalue weighted by atomic mass is 10.2. The van der Waals surface area contributed by atoms with Crippen molar-refractivity contribution in [2.45, 2.75) is 19.4 Å². The smallest absolute Gasteiger partial charge is 0.320 e. The lowest BCUT2D eigenvalue weighted by Gasteiger charge is -2.09. The van der Waals surface area contributed by atoms with Crippen LogP contribution in [-0.2, 0) is 9.59 Å². The Bertz CT molecular complexity index is 497. The van der Waals surface area contributed by atoms with E-state index in [1.807, 2.05) is 13.0 Å². The van der Waals surface area contributed by atoms with Crippen LogP contribution in [0.15, 0.2) is 18.2 Å². The van der Waals surface area contributed by atoms with Gasteiger partial charge < -0.3 is 16.2 Å². The average molecular weight is 317 g/mol. The SMILES string of the molecule is Cc1ccc(Cl)cc1NC(=O)CSCCC(N)C(=O)O. The van der Waals surface area contributed by atoms with Crippen molar-refractivity contribution in [1.29, 1.82) is 0 Å². The van der Waals surface area contributed by atoms with E-state index in [1.54, 1.807) is 12.1 Å². The molecule has 0 saturated heterocycles. The molecule has 0 heterocycles. The van der Waals surface area contributed by atoms with Crippen molar-refractivity contribution in [2.75, 3.05) is 16.8 Å². The van der Waals surface area contributed by atoms with E-state index < -0.39 is 12.0 Å². The van der Waals surface area contributed by atoms with Gasteiger partial charge >= 0.3 is 5.97 Å². The first-order valence-electron chi connectivity index (χ1n) is 6.02. The Morgan fingerprint density at radius 1 is 1.50 bits per heavy atom. The van der Waals surface area contributed by atoms with Gasteiger partial charge in [0.25, 0.3) is 0 Å². The summed E-state index contributed by atoms with van der Waals surface area (Å²) >= 11 is 7.21. The number of nitrogens with one attached hydrogen (secondary N) is 1. The third-order valence-electron chi connectivity index (χ3n) is 2.60. The molecule has 20 heavy (non-hydrogen) atoms. The summed E-state index contributed by atoms with van der Waals surface area (Å²) in [5.74, 6) is -0.401. The highest BCUT2D eigenvalue weighted by atomic mass is 35.5. The molecule has 1 aromatic rings. The molecule has 7 heteroatoms. The van der Waals surface area contributed by atoms with Crippen LogP contribution in [0.2, 0.25) is 5.02 Å². The summed E-state index contributed by atoms with van der Waals surface area (Å²) in [4.78, 5) is 22.2. The summed E-state index contributed by atoms with van der Waals surface area (Å²) in [6.07, 6.45) is 0.337. The van der Waals surface area contributed by atoms with Crippen LogP contribution in [0.3, 0.4) is 0 Å². The Kier molecular flexibility index (Phi) is 6.84. The van der Waals surface area contributed by atoms with Crippen molar-refractivity contribution >= 4 is 40.9 Å². The molecule has 1 atom stereocenters. The monoisotopic (exact) mass is 316 g/mol. The zero-order chi connectivity index (χ0) is 15.1. The molecule has 4 N–H and O–H groups in total. The highest BCUT2D eigenvalue weighted by Crippen LogP contribution is 2.20. The van der Waals surface area contributed by atoms with Crippen LogP contribution >= 0.6 is 23.4 Å². The van der Waals surface area contributed by atoms with Crippen LogP contribution in [0, 0.1) is 6.92 Å². The molecule has 0 aromatic heterocycles. The predicted octanol–water partition coefficient (Wildman–Crippen LogP) is 2.12. The van der Waals surface area contributed by atoms with Crippen LogP contribution in [0.25, 0.3) is 0 Å². The van der Waals surface area contributed by atoms with Gasteiger partial charge in [0.1, 0.15) is 6.04 Å². The third-order valence-corrected chi connectivity index (χ3v) is 3.82. The maximum absolute atomic E-state index is 11.7. The number of nitrogens with two attached hydrogens (primary N) is 1. The molecular weight excluding hydrogens is 300 g/mol. The Morgan fingerprint density at radius 3 is 2.85 bits per heavy atom. The Labute approximate surface area is 126 Å². The molecule has 1 aromatic carbocycles. The van der Waals surface area contributed by atoms with Gasteiger partial charge in [-0.15, -0.1) is 0 Å². The largest absolute Gasteiger partial charge is 0.480 e. The number of carbonyl (C=O) groups is 2. The van der Waals surface area contributed by atoms with Crippen molar-refractivity contribution in [3.8, 4) is 0 Å². The number of anilines is 1. The van der Waals surface area contributed by atoms with Crippen LogP contribution in [0.4, 0.5) is 5.69 Å². The van der Waals surface area contributed by atoms with Crippen LogP contribution in [0.5, 0.6) is 0 Å². The van der Waals surface area contributed by atoms with Gasteiger partial charge in [-0.3, -0.25) is 9.59 Å². The number of aliphatic carboxylic acids is 1. The van der Waals surface area contributed by atoms with E-state index in [9.17, 15) is 9.59 Å². The molecule has 1 amide bonds. The second-order valence-corrected chi connectivity index (χ2v) is 5.84. The van der Waals surface area contributed by atoms with Crippen molar-refractivity contribution in [3.05, 3.63) is 28.8 Å². The first kappa shape index (κ1) is 16.8. The molecule has 1 unspecified atom stereocenters. The van der Waals surface area contributed by atoms with Gasteiger partial charge in [0.05, 0.1) is 5.75 Å². The fourth-order valence-electron chi connectivity index (χ4n) is 1.41. The average Bonchev–Trinajstić information content (AvgIpc) is 2.38. The quantitative estimate of drug-likeness (QED) is 0.670.